The van der Waals surface area contributed by atoms with E-state index in [1.54, 1.807) is 6.08 Å². The van der Waals surface area contributed by atoms with Crippen LogP contribution in [0.4, 0.5) is 0 Å². The molecule has 0 aliphatic heterocycles. The van der Waals surface area contributed by atoms with Crippen molar-refractivity contribution in [3.05, 3.63) is 24.3 Å². The molecule has 0 aromatic rings. The van der Waals surface area contributed by atoms with Gasteiger partial charge in [-0.1, -0.05) is 43.9 Å². The third-order valence-electron chi connectivity index (χ3n) is 2.42. The van der Waals surface area contributed by atoms with Crippen LogP contribution in [0.5, 0.6) is 0 Å². The summed E-state index contributed by atoms with van der Waals surface area (Å²) < 4.78 is 0. The zero-order chi connectivity index (χ0) is 11.2. The minimum atomic E-state index is 1.06. The summed E-state index contributed by atoms with van der Waals surface area (Å²) in [5, 5.41) is 8.27. The predicted molar refractivity (Wildman–Crippen MR) is 66.5 cm³/mol. The van der Waals surface area contributed by atoms with Gasteiger partial charge in [0.25, 0.3) is 0 Å². The van der Waals surface area contributed by atoms with Gasteiger partial charge >= 0.3 is 0 Å². The van der Waals surface area contributed by atoms with Crippen LogP contribution in [0.1, 0.15) is 58.3 Å². The lowest BCUT2D eigenvalue weighted by atomic mass is 10.1. The fraction of sp³-hybridized carbons (Fsp3) is 0.643. The summed E-state index contributed by atoms with van der Waals surface area (Å²) >= 11 is 0. The topological polar surface area (TPSA) is 23.8 Å². The normalized spacial score (nSPS) is 11.2. The molecule has 0 unspecified atom stereocenters. The molecule has 15 heavy (non-hydrogen) atoms. The zero-order valence-corrected chi connectivity index (χ0v) is 9.91. The van der Waals surface area contributed by atoms with E-state index < -0.39 is 0 Å². The van der Waals surface area contributed by atoms with Crippen LogP contribution in [0, 0.1) is 11.3 Å². The summed E-state index contributed by atoms with van der Waals surface area (Å²) in [6.45, 7) is 2.08. The van der Waals surface area contributed by atoms with E-state index in [1.165, 1.54) is 44.9 Å². The minimum Gasteiger partial charge on any atom is -0.193 e. The second-order valence-corrected chi connectivity index (χ2v) is 3.80. The molecule has 1 heteroatoms. The highest BCUT2D eigenvalue weighted by atomic mass is 14.2. The second-order valence-electron chi connectivity index (χ2n) is 3.80. The number of unbranched alkanes of at least 4 members (excludes halogenated alkanes) is 7. The maximum absolute atomic E-state index is 8.27. The molecule has 0 aliphatic carbocycles. The van der Waals surface area contributed by atoms with Crippen molar-refractivity contribution >= 4 is 0 Å². The minimum absolute atomic E-state index is 1.06. The molecule has 0 fully saturated rings. The highest BCUT2D eigenvalue weighted by Crippen LogP contribution is 2.09. The number of rotatable bonds is 9. The van der Waals surface area contributed by atoms with Crippen LogP contribution in [0.15, 0.2) is 24.3 Å². The number of nitrogens with zero attached hydrogens (tertiary/aromatic N) is 1. The molecule has 0 heterocycles. The Labute approximate surface area is 94.5 Å². The van der Waals surface area contributed by atoms with Crippen LogP contribution in [0.3, 0.4) is 0 Å². The lowest BCUT2D eigenvalue weighted by molar-refractivity contribution is 0.600. The number of hydrogen-bond acceptors (Lipinski definition) is 1. The molecule has 0 saturated heterocycles. The molecule has 0 aliphatic rings. The molecule has 0 atom stereocenters. The Morgan fingerprint density at radius 1 is 0.867 bits per heavy atom. The van der Waals surface area contributed by atoms with E-state index >= 15 is 0 Å². The van der Waals surface area contributed by atoms with Crippen molar-refractivity contribution in [1.29, 1.82) is 5.26 Å². The van der Waals surface area contributed by atoms with Crippen molar-refractivity contribution in [2.24, 2.45) is 0 Å². The van der Waals surface area contributed by atoms with Gasteiger partial charge in [0.05, 0.1) is 6.07 Å². The van der Waals surface area contributed by atoms with Crippen LogP contribution in [0.25, 0.3) is 0 Å². The molecule has 0 amide bonds. The van der Waals surface area contributed by atoms with Gasteiger partial charge in [-0.3, -0.25) is 0 Å². The number of allylic oxidation sites excluding steroid dienone is 4. The molecule has 84 valence electrons. The average molecular weight is 205 g/mol. The molecule has 0 saturated carbocycles. The van der Waals surface area contributed by atoms with Crippen molar-refractivity contribution in [3.8, 4) is 6.07 Å². The van der Waals surface area contributed by atoms with Crippen LogP contribution < -0.4 is 0 Å². The van der Waals surface area contributed by atoms with Gasteiger partial charge in [0.15, 0.2) is 0 Å². The van der Waals surface area contributed by atoms with E-state index in [0.717, 1.165) is 6.42 Å². The second kappa shape index (κ2) is 13.0. The third-order valence-corrected chi connectivity index (χ3v) is 2.42. The van der Waals surface area contributed by atoms with E-state index in [2.05, 4.69) is 19.1 Å². The standard InChI is InChI=1S/C14H23N/c1-2-3-4-5-6-7-8-9-10-11-12-13-14-15/h2-3,12-13H,4-11H2,1H3/b3-2+,13-12+. The van der Waals surface area contributed by atoms with Crippen LogP contribution >= 0.6 is 0 Å². The fourth-order valence-corrected chi connectivity index (χ4v) is 1.53. The quantitative estimate of drug-likeness (QED) is 0.302. The van der Waals surface area contributed by atoms with Crippen molar-refractivity contribution in [2.45, 2.75) is 58.3 Å². The van der Waals surface area contributed by atoms with Gasteiger partial charge in [-0.2, -0.15) is 5.26 Å². The fourth-order valence-electron chi connectivity index (χ4n) is 1.53. The van der Waals surface area contributed by atoms with Crippen molar-refractivity contribution in [3.63, 3.8) is 0 Å². The maximum atomic E-state index is 8.27. The molecule has 0 N–H and O–H groups in total. The highest BCUT2D eigenvalue weighted by Gasteiger charge is 1.89. The molecule has 1 nitrogen and oxygen atoms in total. The Kier molecular flexibility index (Phi) is 12.1. The van der Waals surface area contributed by atoms with Gasteiger partial charge in [-0.15, -0.1) is 0 Å². The molecule has 0 bridgehead atoms. The molecular weight excluding hydrogens is 182 g/mol. The summed E-state index contributed by atoms with van der Waals surface area (Å²) in [7, 11) is 0. The Bertz CT molecular complexity index is 208. The van der Waals surface area contributed by atoms with E-state index in [-0.39, 0.29) is 0 Å². The number of nitriles is 1. The monoisotopic (exact) mass is 205 g/mol. The van der Waals surface area contributed by atoms with Crippen molar-refractivity contribution < 1.29 is 0 Å². The SMILES string of the molecule is C/C=C/CCCCCCCC/C=C/C#N. The summed E-state index contributed by atoms with van der Waals surface area (Å²) in [5.41, 5.74) is 0. The van der Waals surface area contributed by atoms with Crippen molar-refractivity contribution in [1.82, 2.24) is 0 Å². The Balaban J connectivity index is 2.99. The van der Waals surface area contributed by atoms with Gasteiger partial charge < -0.3 is 0 Å². The summed E-state index contributed by atoms with van der Waals surface area (Å²) in [5.74, 6) is 0. The van der Waals surface area contributed by atoms with E-state index in [0.29, 0.717) is 0 Å². The van der Waals surface area contributed by atoms with Crippen molar-refractivity contribution in [2.75, 3.05) is 0 Å². The first-order chi connectivity index (χ1) is 7.41. The predicted octanol–water partition coefficient (Wildman–Crippen LogP) is 4.76. The van der Waals surface area contributed by atoms with Gasteiger partial charge in [0.1, 0.15) is 0 Å². The first-order valence-corrected chi connectivity index (χ1v) is 6.07. The molecule has 0 spiro atoms. The Morgan fingerprint density at radius 3 is 1.93 bits per heavy atom. The maximum Gasteiger partial charge on any atom is 0.0908 e. The van der Waals surface area contributed by atoms with Crippen LogP contribution in [-0.2, 0) is 0 Å². The van der Waals surface area contributed by atoms with Crippen LogP contribution in [-0.4, -0.2) is 0 Å². The smallest absolute Gasteiger partial charge is 0.0908 e. The first-order valence-electron chi connectivity index (χ1n) is 6.07. The van der Waals surface area contributed by atoms with Gasteiger partial charge in [-0.05, 0) is 32.6 Å². The van der Waals surface area contributed by atoms with Gasteiger partial charge in [0, 0.05) is 6.08 Å². The van der Waals surface area contributed by atoms with Crippen LogP contribution in [0.2, 0.25) is 0 Å². The summed E-state index contributed by atoms with van der Waals surface area (Å²) in [6, 6.07) is 2.01. The zero-order valence-electron chi connectivity index (χ0n) is 9.91. The van der Waals surface area contributed by atoms with E-state index in [1.807, 2.05) is 12.1 Å². The lowest BCUT2D eigenvalue weighted by Crippen LogP contribution is -1.79. The Hall–Kier alpha value is -1.03. The molecule has 0 aromatic heterocycles. The van der Waals surface area contributed by atoms with Gasteiger partial charge in [0.2, 0.25) is 0 Å². The molecule has 0 rings (SSSR count). The molecule has 0 aromatic carbocycles. The lowest BCUT2D eigenvalue weighted by Gasteiger charge is -1.98. The van der Waals surface area contributed by atoms with Gasteiger partial charge in [-0.25, -0.2) is 0 Å². The van der Waals surface area contributed by atoms with E-state index in [4.69, 9.17) is 5.26 Å². The Morgan fingerprint density at radius 2 is 1.40 bits per heavy atom. The number of hydrogen-bond donors (Lipinski definition) is 0. The highest BCUT2D eigenvalue weighted by molar-refractivity contribution is 5.01. The largest absolute Gasteiger partial charge is 0.193 e. The summed E-state index contributed by atoms with van der Waals surface area (Å²) in [4.78, 5) is 0. The summed E-state index contributed by atoms with van der Waals surface area (Å²) in [6.07, 6.45) is 18.1. The molecular formula is C14H23N. The van der Waals surface area contributed by atoms with E-state index in [9.17, 15) is 0 Å². The molecule has 0 radical (unpaired) electrons. The third kappa shape index (κ3) is 13.0. The average Bonchev–Trinajstić information content (AvgIpc) is 2.26. The first kappa shape index (κ1) is 14.0.